The second kappa shape index (κ2) is 9.79. The zero-order chi connectivity index (χ0) is 20.4. The quantitative estimate of drug-likeness (QED) is 0.625. The van der Waals surface area contributed by atoms with Gasteiger partial charge in [0.05, 0.1) is 0 Å². The second-order valence-electron chi connectivity index (χ2n) is 4.80. The maximum Gasteiger partial charge on any atom is 0.430 e. The highest BCUT2D eigenvalue weighted by Gasteiger charge is 2.28. The lowest BCUT2D eigenvalue weighted by Gasteiger charge is -2.03. The summed E-state index contributed by atoms with van der Waals surface area (Å²) in [4.78, 5) is 34.5. The zero-order valence-electron chi connectivity index (χ0n) is 13.5. The van der Waals surface area contributed by atoms with E-state index in [0.29, 0.717) is 0 Å². The molecule has 0 radical (unpaired) electrons. The van der Waals surface area contributed by atoms with Crippen molar-refractivity contribution in [2.75, 3.05) is 6.54 Å². The van der Waals surface area contributed by atoms with Gasteiger partial charge in [0.1, 0.15) is 18.7 Å². The molecule has 0 bridgehead atoms. The molecule has 0 aliphatic carbocycles. The van der Waals surface area contributed by atoms with Crippen molar-refractivity contribution in [3.63, 3.8) is 0 Å². The number of hydrogen-bond acceptors (Lipinski definition) is 6. The van der Waals surface area contributed by atoms with Crippen molar-refractivity contribution in [2.45, 2.75) is 12.7 Å². The Labute approximate surface area is 150 Å². The molecule has 2 N–H and O–H groups in total. The molecule has 0 fully saturated rings. The van der Waals surface area contributed by atoms with Crippen LogP contribution in [0.15, 0.2) is 43.0 Å². The molecule has 2 rings (SSSR count). The van der Waals surface area contributed by atoms with E-state index in [-0.39, 0.29) is 6.54 Å². The summed E-state index contributed by atoms with van der Waals surface area (Å²) in [7, 11) is 0. The number of amides is 1. The van der Waals surface area contributed by atoms with Gasteiger partial charge in [-0.25, -0.2) is 0 Å². The third-order valence-electron chi connectivity index (χ3n) is 2.76. The highest BCUT2D eigenvalue weighted by Crippen LogP contribution is 2.14. The van der Waals surface area contributed by atoms with Crippen LogP contribution in [-0.2, 0) is 20.9 Å². The van der Waals surface area contributed by atoms with Gasteiger partial charge in [0.2, 0.25) is 0 Å². The van der Waals surface area contributed by atoms with Crippen molar-refractivity contribution in [3.05, 3.63) is 43.0 Å². The number of nitrogens with zero attached hydrogens (tertiary/aromatic N) is 3. The van der Waals surface area contributed by atoms with Crippen LogP contribution < -0.4 is 15.1 Å². The van der Waals surface area contributed by atoms with Crippen LogP contribution >= 0.6 is 0 Å². The molecule has 27 heavy (non-hydrogen) atoms. The summed E-state index contributed by atoms with van der Waals surface area (Å²) in [5, 5.41) is 23.6. The van der Waals surface area contributed by atoms with Crippen LogP contribution in [0, 0.1) is 0 Å². The Balaban J connectivity index is 0.000000445. The van der Waals surface area contributed by atoms with E-state index < -0.39 is 30.6 Å². The fourth-order valence-corrected chi connectivity index (χ4v) is 1.57. The van der Waals surface area contributed by atoms with E-state index in [2.05, 4.69) is 15.4 Å². The van der Waals surface area contributed by atoms with E-state index in [4.69, 9.17) is 15.0 Å². The van der Waals surface area contributed by atoms with Gasteiger partial charge in [-0.3, -0.25) is 14.6 Å². The molecule has 9 nitrogen and oxygen atoms in total. The summed E-state index contributed by atoms with van der Waals surface area (Å²) in [6, 6.07) is 5.55. The molecule has 0 saturated carbocycles. The highest BCUT2D eigenvalue weighted by molar-refractivity contribution is 5.80. The van der Waals surface area contributed by atoms with Crippen LogP contribution in [0.3, 0.4) is 0 Å². The van der Waals surface area contributed by atoms with Crippen LogP contribution in [0.1, 0.15) is 0 Å². The van der Waals surface area contributed by atoms with Crippen molar-refractivity contribution < 1.29 is 42.4 Å². The van der Waals surface area contributed by atoms with E-state index >= 15 is 0 Å². The predicted molar refractivity (Wildman–Crippen MR) is 79.4 cm³/mol. The summed E-state index contributed by atoms with van der Waals surface area (Å²) >= 11 is 0. The Kier molecular flexibility index (Phi) is 7.79. The molecule has 0 unspecified atom stereocenters. The minimum atomic E-state index is -5.19. The highest BCUT2D eigenvalue weighted by atomic mass is 19.4. The maximum absolute atomic E-state index is 11.4. The van der Waals surface area contributed by atoms with Crippen LogP contribution in [0.2, 0.25) is 0 Å². The van der Waals surface area contributed by atoms with E-state index in [0.717, 1.165) is 11.1 Å². The van der Waals surface area contributed by atoms with E-state index in [9.17, 15) is 22.8 Å². The number of carboxylic acid groups (broad SMARTS) is 2. The van der Waals surface area contributed by atoms with Crippen molar-refractivity contribution in [1.82, 2.24) is 15.4 Å². The average Bonchev–Trinajstić information content (AvgIpc) is 2.61. The van der Waals surface area contributed by atoms with Crippen LogP contribution in [0.5, 0.6) is 0 Å². The SMILES string of the molecule is O=C(O)CNC(=O)C[n+]1ccc(-c2ccncc2)cn1.O=C([O-])C(F)(F)F. The predicted octanol–water partition coefficient (Wildman–Crippen LogP) is -1.07. The molecular formula is C15H13F3N4O5. The van der Waals surface area contributed by atoms with Gasteiger partial charge in [-0.15, -0.1) is 0 Å². The summed E-state index contributed by atoms with van der Waals surface area (Å²) in [5.74, 6) is -4.49. The fourth-order valence-electron chi connectivity index (χ4n) is 1.57. The number of aliphatic carboxylic acids is 2. The van der Waals surface area contributed by atoms with Gasteiger partial charge in [0.15, 0.2) is 6.20 Å². The summed E-state index contributed by atoms with van der Waals surface area (Å²) in [5.41, 5.74) is 1.89. The molecule has 0 spiro atoms. The molecule has 2 aromatic rings. The van der Waals surface area contributed by atoms with E-state index in [1.54, 1.807) is 24.8 Å². The number of nitrogens with one attached hydrogen (secondary N) is 1. The first kappa shape index (κ1) is 21.5. The number of pyridine rings is 1. The minimum Gasteiger partial charge on any atom is -0.542 e. The second-order valence-corrected chi connectivity index (χ2v) is 4.80. The van der Waals surface area contributed by atoms with Crippen molar-refractivity contribution in [2.24, 2.45) is 0 Å². The molecule has 2 aromatic heterocycles. The lowest BCUT2D eigenvalue weighted by molar-refractivity contribution is -0.742. The lowest BCUT2D eigenvalue weighted by Crippen LogP contribution is -2.46. The molecular weight excluding hydrogens is 373 g/mol. The van der Waals surface area contributed by atoms with Gasteiger partial charge in [-0.05, 0) is 22.8 Å². The van der Waals surface area contributed by atoms with E-state index in [1.807, 2.05) is 18.2 Å². The van der Waals surface area contributed by atoms with Gasteiger partial charge in [-0.2, -0.15) is 13.2 Å². The van der Waals surface area contributed by atoms with Crippen LogP contribution in [0.4, 0.5) is 13.2 Å². The van der Waals surface area contributed by atoms with Gasteiger partial charge in [-0.1, -0.05) is 4.68 Å². The smallest absolute Gasteiger partial charge is 0.430 e. The largest absolute Gasteiger partial charge is 0.542 e. The molecule has 2 heterocycles. The standard InChI is InChI=1S/C13H12N4O3.C2HF3O2/c18-12(15-8-13(19)20)9-17-6-3-11(7-16-17)10-1-4-14-5-2-10;3-2(4,5)1(6)7/h1-7H,8-9H2,(H-,15,18,19,20);(H,6,7). The molecule has 0 aliphatic heterocycles. The summed E-state index contributed by atoms with van der Waals surface area (Å²) in [6.07, 6.45) is 1.49. The maximum atomic E-state index is 11.4. The number of carbonyl (C=O) groups excluding carboxylic acids is 2. The Morgan fingerprint density at radius 2 is 1.74 bits per heavy atom. The summed E-state index contributed by atoms with van der Waals surface area (Å²) < 4.78 is 33.0. The molecule has 0 aliphatic rings. The number of rotatable bonds is 5. The number of carboxylic acids is 2. The molecule has 144 valence electrons. The molecule has 0 aromatic carbocycles. The van der Waals surface area contributed by atoms with Gasteiger partial charge in [0.25, 0.3) is 12.5 Å². The normalized spacial score (nSPS) is 10.3. The first-order valence-corrected chi connectivity index (χ1v) is 7.12. The van der Waals surface area contributed by atoms with E-state index in [1.165, 1.54) is 4.68 Å². The number of aromatic nitrogens is 3. The Hall–Kier alpha value is -3.57. The van der Waals surface area contributed by atoms with Gasteiger partial charge in [0, 0.05) is 24.0 Å². The third kappa shape index (κ3) is 8.38. The molecule has 1 amide bonds. The monoisotopic (exact) mass is 386 g/mol. The lowest BCUT2D eigenvalue weighted by atomic mass is 10.1. The summed E-state index contributed by atoms with van der Waals surface area (Å²) in [6.45, 7) is -0.418. The fraction of sp³-hybridized carbons (Fsp3) is 0.200. The zero-order valence-corrected chi connectivity index (χ0v) is 13.5. The Morgan fingerprint density at radius 3 is 2.19 bits per heavy atom. The first-order chi connectivity index (χ1) is 12.6. The number of halogens is 3. The van der Waals surface area contributed by atoms with Crippen molar-refractivity contribution in [1.29, 1.82) is 0 Å². The third-order valence-corrected chi connectivity index (χ3v) is 2.76. The van der Waals surface area contributed by atoms with Gasteiger partial charge >= 0.3 is 12.1 Å². The molecule has 0 saturated heterocycles. The van der Waals surface area contributed by atoms with Gasteiger partial charge < -0.3 is 20.3 Å². The number of hydrogen-bond donors (Lipinski definition) is 2. The van der Waals surface area contributed by atoms with Crippen LogP contribution in [0.25, 0.3) is 11.1 Å². The number of carbonyl (C=O) groups is 3. The molecule has 0 atom stereocenters. The van der Waals surface area contributed by atoms with Crippen LogP contribution in [-0.4, -0.2) is 45.8 Å². The Bertz CT molecular complexity index is 782. The minimum absolute atomic E-state index is 0.0239. The van der Waals surface area contributed by atoms with Crippen molar-refractivity contribution in [3.8, 4) is 11.1 Å². The molecule has 12 heteroatoms. The first-order valence-electron chi connectivity index (χ1n) is 7.12. The number of alkyl halides is 3. The Morgan fingerprint density at radius 1 is 1.15 bits per heavy atom. The average molecular weight is 386 g/mol. The van der Waals surface area contributed by atoms with Crippen molar-refractivity contribution >= 4 is 17.8 Å². The topological polar surface area (TPSA) is 136 Å².